The van der Waals surface area contributed by atoms with Gasteiger partial charge in [0.25, 0.3) is 5.91 Å². The highest BCUT2D eigenvalue weighted by Gasteiger charge is 2.11. The minimum Gasteiger partial charge on any atom is -0.384 e. The number of nitrogen functional groups attached to an aromatic ring is 1. The maximum Gasteiger partial charge on any atom is 0.253 e. The van der Waals surface area contributed by atoms with E-state index in [1.807, 2.05) is 36.5 Å². The molecule has 3 rings (SSSR count). The molecule has 5 nitrogen and oxygen atoms in total. The van der Waals surface area contributed by atoms with E-state index in [2.05, 4.69) is 9.97 Å². The molecule has 3 aromatic rings. The third kappa shape index (κ3) is 2.33. The molecular formula is C16H16N4O. The molecule has 0 aliphatic heterocycles. The summed E-state index contributed by atoms with van der Waals surface area (Å²) in [6.45, 7) is 0. The smallest absolute Gasteiger partial charge is 0.253 e. The first-order chi connectivity index (χ1) is 10.1. The molecule has 0 spiro atoms. The number of carbonyl (C=O) groups excluding carboxylic acids is 1. The fraction of sp³-hybridized carbons (Fsp3) is 0.125. The topological polar surface area (TPSA) is 75.0 Å². The van der Waals surface area contributed by atoms with E-state index in [1.165, 1.54) is 0 Å². The minimum atomic E-state index is -0.0159. The van der Waals surface area contributed by atoms with Crippen LogP contribution in [0.15, 0.2) is 42.7 Å². The number of nitrogens with zero attached hydrogens (tertiary/aromatic N) is 2. The van der Waals surface area contributed by atoms with Crippen LogP contribution in [0.1, 0.15) is 10.4 Å². The van der Waals surface area contributed by atoms with Crippen molar-refractivity contribution < 1.29 is 4.79 Å². The van der Waals surface area contributed by atoms with E-state index >= 15 is 0 Å². The molecule has 0 radical (unpaired) electrons. The van der Waals surface area contributed by atoms with E-state index in [0.29, 0.717) is 11.4 Å². The van der Waals surface area contributed by atoms with Gasteiger partial charge in [-0.15, -0.1) is 0 Å². The second-order valence-electron chi connectivity index (χ2n) is 5.14. The molecule has 0 aliphatic carbocycles. The fourth-order valence-electron chi connectivity index (χ4n) is 2.35. The average Bonchev–Trinajstić information content (AvgIpc) is 2.89. The van der Waals surface area contributed by atoms with Gasteiger partial charge in [-0.05, 0) is 23.8 Å². The Kier molecular flexibility index (Phi) is 3.10. The first kappa shape index (κ1) is 13.2. The summed E-state index contributed by atoms with van der Waals surface area (Å²) < 4.78 is 0. The highest BCUT2D eigenvalue weighted by molar-refractivity contribution is 5.99. The van der Waals surface area contributed by atoms with Crippen molar-refractivity contribution in [2.45, 2.75) is 0 Å². The predicted octanol–water partition coefficient (Wildman–Crippen LogP) is 2.51. The Labute approximate surface area is 122 Å². The van der Waals surface area contributed by atoms with Crippen LogP contribution < -0.4 is 5.73 Å². The third-order valence-electron chi connectivity index (χ3n) is 3.41. The van der Waals surface area contributed by atoms with Crippen molar-refractivity contribution in [3.63, 3.8) is 0 Å². The zero-order valence-electron chi connectivity index (χ0n) is 11.9. The second kappa shape index (κ2) is 4.94. The number of anilines is 1. The van der Waals surface area contributed by atoms with Gasteiger partial charge in [-0.3, -0.25) is 4.79 Å². The molecule has 106 valence electrons. The van der Waals surface area contributed by atoms with E-state index < -0.39 is 0 Å². The summed E-state index contributed by atoms with van der Waals surface area (Å²) in [5.41, 5.74) is 9.32. The van der Waals surface area contributed by atoms with Crippen LogP contribution in [-0.4, -0.2) is 34.9 Å². The van der Waals surface area contributed by atoms with Crippen LogP contribution in [0.5, 0.6) is 0 Å². The van der Waals surface area contributed by atoms with Gasteiger partial charge in [0.15, 0.2) is 0 Å². The lowest BCUT2D eigenvalue weighted by Gasteiger charge is -2.11. The molecule has 0 unspecified atom stereocenters. The van der Waals surface area contributed by atoms with E-state index in [-0.39, 0.29) is 5.91 Å². The van der Waals surface area contributed by atoms with Crippen molar-refractivity contribution in [2.24, 2.45) is 0 Å². The zero-order valence-corrected chi connectivity index (χ0v) is 11.9. The van der Waals surface area contributed by atoms with Gasteiger partial charge in [0.05, 0.1) is 11.7 Å². The summed E-state index contributed by atoms with van der Waals surface area (Å²) in [5, 5.41) is 0.997. The largest absolute Gasteiger partial charge is 0.384 e. The number of aromatic amines is 1. The Morgan fingerprint density at radius 1 is 1.29 bits per heavy atom. The number of hydrogen-bond donors (Lipinski definition) is 2. The summed E-state index contributed by atoms with van der Waals surface area (Å²) in [6, 6.07) is 9.40. The van der Waals surface area contributed by atoms with Crippen molar-refractivity contribution in [2.75, 3.05) is 19.8 Å². The molecular weight excluding hydrogens is 264 g/mol. The lowest BCUT2D eigenvalue weighted by molar-refractivity contribution is 0.0827. The second-order valence-corrected chi connectivity index (χ2v) is 5.14. The van der Waals surface area contributed by atoms with Crippen LogP contribution in [0.2, 0.25) is 0 Å². The number of aromatic nitrogens is 2. The number of nitrogens with two attached hydrogens (primary N) is 1. The van der Waals surface area contributed by atoms with Crippen molar-refractivity contribution in [3.05, 3.63) is 48.3 Å². The minimum absolute atomic E-state index is 0.0159. The number of hydrogen-bond acceptors (Lipinski definition) is 3. The monoisotopic (exact) mass is 280 g/mol. The maximum absolute atomic E-state index is 12.1. The fourth-order valence-corrected chi connectivity index (χ4v) is 2.35. The Bertz CT molecular complexity index is 820. The van der Waals surface area contributed by atoms with Crippen LogP contribution in [0.25, 0.3) is 22.0 Å². The molecule has 1 amide bonds. The zero-order chi connectivity index (χ0) is 15.0. The number of pyridine rings is 1. The van der Waals surface area contributed by atoms with Crippen molar-refractivity contribution in [1.29, 1.82) is 0 Å². The molecule has 0 aliphatic rings. The van der Waals surface area contributed by atoms with Gasteiger partial charge >= 0.3 is 0 Å². The van der Waals surface area contributed by atoms with Crippen LogP contribution in [0.4, 0.5) is 5.82 Å². The highest BCUT2D eigenvalue weighted by Crippen LogP contribution is 2.29. The van der Waals surface area contributed by atoms with E-state index in [1.54, 1.807) is 25.2 Å². The summed E-state index contributed by atoms with van der Waals surface area (Å²) in [4.78, 5) is 20.9. The van der Waals surface area contributed by atoms with Crippen LogP contribution in [-0.2, 0) is 0 Å². The van der Waals surface area contributed by atoms with Crippen LogP contribution >= 0.6 is 0 Å². The third-order valence-corrected chi connectivity index (χ3v) is 3.41. The van der Waals surface area contributed by atoms with Gasteiger partial charge < -0.3 is 15.6 Å². The molecule has 0 atom stereocenters. The first-order valence-electron chi connectivity index (χ1n) is 6.61. The molecule has 0 fully saturated rings. The van der Waals surface area contributed by atoms with Gasteiger partial charge in [-0.1, -0.05) is 12.1 Å². The lowest BCUT2D eigenvalue weighted by atomic mass is 10.0. The predicted molar refractivity (Wildman–Crippen MR) is 84.0 cm³/mol. The van der Waals surface area contributed by atoms with E-state index in [9.17, 15) is 4.79 Å². The number of H-pyrrole nitrogens is 1. The number of nitrogens with one attached hydrogen (secondary N) is 1. The molecule has 3 N–H and O–H groups in total. The van der Waals surface area contributed by atoms with Crippen molar-refractivity contribution in [1.82, 2.24) is 14.9 Å². The van der Waals surface area contributed by atoms with Gasteiger partial charge in [0.2, 0.25) is 0 Å². The van der Waals surface area contributed by atoms with Gasteiger partial charge in [0.1, 0.15) is 5.82 Å². The Morgan fingerprint density at radius 2 is 2.10 bits per heavy atom. The SMILES string of the molecule is CN(C)C(=O)c1cccc(-c2c[nH]c3cnc(N)cc23)c1. The van der Waals surface area contributed by atoms with E-state index in [0.717, 1.165) is 22.0 Å². The summed E-state index contributed by atoms with van der Waals surface area (Å²) in [7, 11) is 3.49. The first-order valence-corrected chi connectivity index (χ1v) is 6.61. The van der Waals surface area contributed by atoms with Crippen molar-refractivity contribution in [3.8, 4) is 11.1 Å². The summed E-state index contributed by atoms with van der Waals surface area (Å²) in [6.07, 6.45) is 3.62. The van der Waals surface area contributed by atoms with Crippen LogP contribution in [0.3, 0.4) is 0 Å². The van der Waals surface area contributed by atoms with E-state index in [4.69, 9.17) is 5.73 Å². The van der Waals surface area contributed by atoms with Crippen LogP contribution in [0, 0.1) is 0 Å². The Morgan fingerprint density at radius 3 is 2.86 bits per heavy atom. The Hall–Kier alpha value is -2.82. The quantitative estimate of drug-likeness (QED) is 0.757. The molecule has 0 saturated heterocycles. The maximum atomic E-state index is 12.1. The summed E-state index contributed by atoms with van der Waals surface area (Å²) >= 11 is 0. The number of benzene rings is 1. The lowest BCUT2D eigenvalue weighted by Crippen LogP contribution is -2.21. The highest BCUT2D eigenvalue weighted by atomic mass is 16.2. The number of fused-ring (bicyclic) bond motifs is 1. The van der Waals surface area contributed by atoms with Gasteiger partial charge in [-0.2, -0.15) is 0 Å². The standard InChI is InChI=1S/C16H16N4O/c1-20(2)16(21)11-5-3-4-10(6-11)13-8-18-14-9-19-15(17)7-12(13)14/h3-9,18H,1-2H3,(H2,17,19). The molecule has 5 heteroatoms. The molecule has 2 aromatic heterocycles. The molecule has 1 aromatic carbocycles. The molecule has 2 heterocycles. The Balaban J connectivity index is 2.13. The van der Waals surface area contributed by atoms with Gasteiger partial charge in [-0.25, -0.2) is 4.98 Å². The molecule has 21 heavy (non-hydrogen) atoms. The van der Waals surface area contributed by atoms with Crippen molar-refractivity contribution >= 4 is 22.6 Å². The molecule has 0 bridgehead atoms. The van der Waals surface area contributed by atoms with Gasteiger partial charge in [0, 0.05) is 36.8 Å². The molecule has 0 saturated carbocycles. The number of rotatable bonds is 2. The number of amides is 1. The normalized spacial score (nSPS) is 10.8. The summed E-state index contributed by atoms with van der Waals surface area (Å²) in [5.74, 6) is 0.460. The average molecular weight is 280 g/mol. The number of carbonyl (C=O) groups is 1.